The lowest BCUT2D eigenvalue weighted by atomic mass is 9.72. The summed E-state index contributed by atoms with van der Waals surface area (Å²) >= 11 is 1.69. The molecule has 2 rings (SSSR count). The van der Waals surface area contributed by atoms with Crippen LogP contribution in [0.2, 0.25) is 0 Å². The Labute approximate surface area is 115 Å². The Hall–Kier alpha value is -0.380. The number of aryl methyl sites for hydroxylation is 1. The first kappa shape index (κ1) is 14.0. The maximum Gasteiger partial charge on any atom is 0.107 e. The van der Waals surface area contributed by atoms with Gasteiger partial charge in [0.05, 0.1) is 5.54 Å². The molecule has 1 N–H and O–H groups in total. The molecule has 0 spiro atoms. The van der Waals surface area contributed by atoms with Gasteiger partial charge in [0, 0.05) is 4.88 Å². The second kappa shape index (κ2) is 5.32. The molecule has 1 saturated carbocycles. The number of rotatable bonds is 3. The quantitative estimate of drug-likeness (QED) is 0.904. The Morgan fingerprint density at radius 2 is 2.00 bits per heavy atom. The largest absolute Gasteiger partial charge is 0.386 e. The topological polar surface area (TPSA) is 23.5 Å². The first-order valence-electron chi connectivity index (χ1n) is 6.87. The summed E-state index contributed by atoms with van der Waals surface area (Å²) in [4.78, 5) is 3.40. The number of nitrogens with zero attached hydrogens (tertiary/aromatic N) is 1. The van der Waals surface area contributed by atoms with Crippen molar-refractivity contribution >= 4 is 11.3 Å². The van der Waals surface area contributed by atoms with E-state index >= 15 is 0 Å². The van der Waals surface area contributed by atoms with Gasteiger partial charge in [-0.2, -0.15) is 0 Å². The number of hydrogen-bond acceptors (Lipinski definition) is 3. The lowest BCUT2D eigenvalue weighted by Gasteiger charge is -2.47. The molecule has 1 aliphatic rings. The molecule has 1 aliphatic carbocycles. The number of thiophene rings is 1. The zero-order chi connectivity index (χ0) is 13.3. The molecule has 0 aromatic carbocycles. The summed E-state index contributed by atoms with van der Waals surface area (Å²) in [5.74, 6) is 0.801. The van der Waals surface area contributed by atoms with Crippen LogP contribution in [0.25, 0.3) is 0 Å². The third kappa shape index (κ3) is 2.36. The highest BCUT2D eigenvalue weighted by atomic mass is 32.1. The number of likely N-dealkylation sites (N-methyl/N-ethyl adjacent to an activating group) is 1. The third-order valence-electron chi connectivity index (χ3n) is 4.69. The van der Waals surface area contributed by atoms with E-state index in [9.17, 15) is 5.11 Å². The molecule has 0 amide bonds. The summed E-state index contributed by atoms with van der Waals surface area (Å²) in [5, 5.41) is 13.0. The van der Waals surface area contributed by atoms with Crippen LogP contribution in [0.15, 0.2) is 11.4 Å². The van der Waals surface area contributed by atoms with Gasteiger partial charge in [-0.25, -0.2) is 0 Å². The zero-order valence-corrected chi connectivity index (χ0v) is 12.8. The van der Waals surface area contributed by atoms with E-state index < -0.39 is 0 Å². The van der Waals surface area contributed by atoms with Crippen molar-refractivity contribution in [3.63, 3.8) is 0 Å². The van der Waals surface area contributed by atoms with Crippen molar-refractivity contribution in [1.29, 1.82) is 0 Å². The van der Waals surface area contributed by atoms with E-state index in [1.54, 1.807) is 11.3 Å². The van der Waals surface area contributed by atoms with Gasteiger partial charge in [0.2, 0.25) is 0 Å². The highest BCUT2D eigenvalue weighted by Gasteiger charge is 2.43. The van der Waals surface area contributed by atoms with Crippen LogP contribution in [0.5, 0.6) is 0 Å². The lowest BCUT2D eigenvalue weighted by molar-refractivity contribution is -0.0392. The minimum atomic E-state index is -0.347. The summed E-state index contributed by atoms with van der Waals surface area (Å²) in [6, 6.07) is 2.11. The van der Waals surface area contributed by atoms with Crippen molar-refractivity contribution in [2.45, 2.75) is 51.2 Å². The fourth-order valence-electron chi connectivity index (χ4n) is 3.14. The predicted molar refractivity (Wildman–Crippen MR) is 78.1 cm³/mol. The monoisotopic (exact) mass is 267 g/mol. The van der Waals surface area contributed by atoms with Gasteiger partial charge in [0.15, 0.2) is 0 Å². The highest BCUT2D eigenvalue weighted by molar-refractivity contribution is 7.10. The van der Waals surface area contributed by atoms with Gasteiger partial charge >= 0.3 is 0 Å². The third-order valence-corrected chi connectivity index (χ3v) is 5.76. The molecule has 2 nitrogen and oxygen atoms in total. The van der Waals surface area contributed by atoms with Gasteiger partial charge in [-0.15, -0.1) is 11.3 Å². The maximum absolute atomic E-state index is 10.9. The van der Waals surface area contributed by atoms with Gasteiger partial charge in [0.25, 0.3) is 0 Å². The van der Waals surface area contributed by atoms with Crippen molar-refractivity contribution in [2.75, 3.05) is 14.1 Å². The van der Waals surface area contributed by atoms with Crippen LogP contribution >= 0.6 is 11.3 Å². The molecule has 1 unspecified atom stereocenters. The van der Waals surface area contributed by atoms with Crippen molar-refractivity contribution in [1.82, 2.24) is 4.90 Å². The minimum absolute atomic E-state index is 0.0673. The van der Waals surface area contributed by atoms with Crippen LogP contribution in [0, 0.1) is 12.8 Å². The van der Waals surface area contributed by atoms with E-state index in [0.717, 1.165) is 23.6 Å². The molecule has 1 heterocycles. The van der Waals surface area contributed by atoms with Gasteiger partial charge in [-0.05, 0) is 69.6 Å². The molecular formula is C15H25NOS. The molecule has 0 saturated heterocycles. The fraction of sp³-hybridized carbons (Fsp3) is 0.733. The molecular weight excluding hydrogens is 242 g/mol. The SMILES string of the molecule is Cc1ccsc1C(O)C1(N(C)C)CCC(C)CC1. The summed E-state index contributed by atoms with van der Waals surface area (Å²) in [5.41, 5.74) is 1.16. The summed E-state index contributed by atoms with van der Waals surface area (Å²) in [6.07, 6.45) is 4.29. The van der Waals surface area contributed by atoms with E-state index in [-0.39, 0.29) is 11.6 Å². The molecule has 102 valence electrons. The molecule has 1 atom stereocenters. The van der Waals surface area contributed by atoms with Crippen molar-refractivity contribution in [3.8, 4) is 0 Å². The van der Waals surface area contributed by atoms with Crippen LogP contribution < -0.4 is 0 Å². The Bertz CT molecular complexity index is 391. The van der Waals surface area contributed by atoms with Crippen molar-refractivity contribution in [3.05, 3.63) is 21.9 Å². The van der Waals surface area contributed by atoms with Crippen LogP contribution in [0.3, 0.4) is 0 Å². The van der Waals surface area contributed by atoms with Crippen molar-refractivity contribution in [2.24, 2.45) is 5.92 Å². The summed E-state index contributed by atoms with van der Waals surface area (Å²) < 4.78 is 0. The van der Waals surface area contributed by atoms with E-state index in [0.29, 0.717) is 0 Å². The molecule has 1 fully saturated rings. The van der Waals surface area contributed by atoms with E-state index in [1.807, 2.05) is 0 Å². The fourth-order valence-corrected chi connectivity index (χ4v) is 4.16. The Morgan fingerprint density at radius 3 is 2.44 bits per heavy atom. The van der Waals surface area contributed by atoms with Gasteiger partial charge in [-0.1, -0.05) is 6.92 Å². The molecule has 18 heavy (non-hydrogen) atoms. The number of aliphatic hydroxyl groups is 1. The Morgan fingerprint density at radius 1 is 1.39 bits per heavy atom. The average Bonchev–Trinajstić information content (AvgIpc) is 2.75. The predicted octanol–water partition coefficient (Wildman–Crippen LogP) is 3.60. The van der Waals surface area contributed by atoms with E-state index in [4.69, 9.17) is 0 Å². The van der Waals surface area contributed by atoms with Crippen LogP contribution in [0.1, 0.15) is 49.2 Å². The summed E-state index contributed by atoms with van der Waals surface area (Å²) in [6.45, 7) is 4.42. The average molecular weight is 267 g/mol. The number of hydrogen-bond donors (Lipinski definition) is 1. The van der Waals surface area contributed by atoms with Gasteiger partial charge in [0.1, 0.15) is 6.10 Å². The maximum atomic E-state index is 10.9. The molecule has 1 aromatic rings. The smallest absolute Gasteiger partial charge is 0.107 e. The molecule has 3 heteroatoms. The highest BCUT2D eigenvalue weighted by Crippen LogP contribution is 2.45. The van der Waals surface area contributed by atoms with Crippen LogP contribution in [-0.2, 0) is 0 Å². The standard InChI is InChI=1S/C15H25NOS/c1-11-5-8-15(9-6-11,16(3)4)14(17)13-12(2)7-10-18-13/h7,10-11,14,17H,5-6,8-9H2,1-4H3. The zero-order valence-electron chi connectivity index (χ0n) is 11.9. The second-order valence-electron chi connectivity index (χ2n) is 6.05. The van der Waals surface area contributed by atoms with Crippen molar-refractivity contribution < 1.29 is 5.11 Å². The lowest BCUT2D eigenvalue weighted by Crippen LogP contribution is -2.51. The normalized spacial score (nSPS) is 30.7. The second-order valence-corrected chi connectivity index (χ2v) is 7.00. The number of aliphatic hydroxyl groups excluding tert-OH is 1. The molecule has 0 aliphatic heterocycles. The van der Waals surface area contributed by atoms with Gasteiger partial charge in [-0.3, -0.25) is 0 Å². The first-order chi connectivity index (χ1) is 8.47. The van der Waals surface area contributed by atoms with E-state index in [1.165, 1.54) is 18.4 Å². The Balaban J connectivity index is 2.28. The Kier molecular flexibility index (Phi) is 4.15. The molecule has 0 radical (unpaired) electrons. The van der Waals surface area contributed by atoms with Crippen LogP contribution in [-0.4, -0.2) is 29.6 Å². The minimum Gasteiger partial charge on any atom is -0.386 e. The molecule has 1 aromatic heterocycles. The van der Waals surface area contributed by atoms with E-state index in [2.05, 4.69) is 44.3 Å². The van der Waals surface area contributed by atoms with Crippen LogP contribution in [0.4, 0.5) is 0 Å². The van der Waals surface area contributed by atoms with Gasteiger partial charge < -0.3 is 10.0 Å². The molecule has 0 bridgehead atoms. The first-order valence-corrected chi connectivity index (χ1v) is 7.75. The summed E-state index contributed by atoms with van der Waals surface area (Å²) in [7, 11) is 4.23.